The number of ether oxygens (including phenoxy) is 2. The van der Waals surface area contributed by atoms with Crippen LogP contribution in [-0.2, 0) is 16.6 Å². The first-order chi connectivity index (χ1) is 15.7. The minimum absolute atomic E-state index is 0.00610. The maximum Gasteiger partial charge on any atom is 0.286 e. The predicted molar refractivity (Wildman–Crippen MR) is 126 cm³/mol. The number of pyridine rings is 1. The molecule has 0 spiro atoms. The summed E-state index contributed by atoms with van der Waals surface area (Å²) in [5, 5.41) is 14.4. The second-order valence-electron chi connectivity index (χ2n) is 8.09. The van der Waals surface area contributed by atoms with Crippen molar-refractivity contribution in [2.75, 3.05) is 19.5 Å². The molecule has 0 fully saturated rings. The van der Waals surface area contributed by atoms with Crippen LogP contribution in [0.2, 0.25) is 0 Å². The summed E-state index contributed by atoms with van der Waals surface area (Å²) >= 11 is 0. The fourth-order valence-electron chi connectivity index (χ4n) is 3.89. The van der Waals surface area contributed by atoms with Crippen LogP contribution in [0.25, 0.3) is 10.9 Å². The molecular weight excluding hydrogens is 446 g/mol. The number of rotatable bonds is 6. The van der Waals surface area contributed by atoms with E-state index < -0.39 is 21.3 Å². The molecule has 3 aromatic rings. The number of nitrogens with one attached hydrogen (secondary N) is 1. The van der Waals surface area contributed by atoms with Crippen molar-refractivity contribution in [1.82, 2.24) is 4.57 Å². The summed E-state index contributed by atoms with van der Waals surface area (Å²) in [5.74, 6) is 0.207. The number of benzene rings is 2. The smallest absolute Gasteiger partial charge is 0.286 e. The number of aryl methyl sites for hydroxylation is 1. The molecule has 33 heavy (non-hydrogen) atoms. The highest BCUT2D eigenvalue weighted by Crippen LogP contribution is 2.41. The van der Waals surface area contributed by atoms with E-state index in [4.69, 9.17) is 9.47 Å². The molecule has 9 nitrogen and oxygen atoms in total. The number of hydrogen-bond donors (Lipinski definition) is 2. The molecule has 0 amide bonds. The zero-order valence-electron chi connectivity index (χ0n) is 18.7. The quantitative estimate of drug-likeness (QED) is 0.566. The van der Waals surface area contributed by atoms with Gasteiger partial charge in [0.1, 0.15) is 16.2 Å². The molecule has 2 heterocycles. The minimum atomic E-state index is -4.08. The predicted octanol–water partition coefficient (Wildman–Crippen LogP) is 3.33. The third-order valence-electron chi connectivity index (χ3n) is 5.54. The number of aromatic hydroxyl groups is 1. The van der Waals surface area contributed by atoms with E-state index in [9.17, 15) is 18.3 Å². The summed E-state index contributed by atoms with van der Waals surface area (Å²) in [6, 6.07) is 9.57. The molecule has 0 atom stereocenters. The van der Waals surface area contributed by atoms with Crippen molar-refractivity contribution in [3.8, 4) is 17.2 Å². The first-order valence-corrected chi connectivity index (χ1v) is 11.9. The molecule has 10 heteroatoms. The molecule has 0 saturated carbocycles. The van der Waals surface area contributed by atoms with Crippen LogP contribution in [0.4, 0.5) is 5.69 Å². The van der Waals surface area contributed by atoms with Crippen LogP contribution in [0.5, 0.6) is 17.2 Å². The van der Waals surface area contributed by atoms with Crippen molar-refractivity contribution in [1.29, 1.82) is 0 Å². The van der Waals surface area contributed by atoms with Gasteiger partial charge >= 0.3 is 0 Å². The van der Waals surface area contributed by atoms with Crippen LogP contribution < -0.4 is 20.3 Å². The minimum Gasteiger partial charge on any atom is -0.506 e. The van der Waals surface area contributed by atoms with E-state index >= 15 is 0 Å². The van der Waals surface area contributed by atoms with Gasteiger partial charge in [-0.1, -0.05) is 26.0 Å². The van der Waals surface area contributed by atoms with Crippen LogP contribution in [0.15, 0.2) is 50.5 Å². The van der Waals surface area contributed by atoms with Gasteiger partial charge in [0.15, 0.2) is 17.3 Å². The Hall–Kier alpha value is -3.53. The van der Waals surface area contributed by atoms with Crippen molar-refractivity contribution >= 4 is 32.4 Å². The number of aromatic nitrogens is 1. The Labute approximate surface area is 191 Å². The topological polar surface area (TPSA) is 119 Å². The number of fused-ring (bicyclic) bond motifs is 2. The Morgan fingerprint density at radius 1 is 1.12 bits per heavy atom. The van der Waals surface area contributed by atoms with E-state index in [0.717, 1.165) is 0 Å². The average molecular weight is 472 g/mol. The van der Waals surface area contributed by atoms with Crippen LogP contribution in [-0.4, -0.2) is 38.1 Å². The zero-order chi connectivity index (χ0) is 23.9. The molecule has 1 aromatic heterocycles. The SMILES string of the molecule is COc1ccc2c(c(O)c(C3=NS(=O)(=O)c4ccccc4N3)c(=O)n2CCC(C)C)c1OC. The largest absolute Gasteiger partial charge is 0.506 e. The summed E-state index contributed by atoms with van der Waals surface area (Å²) in [5.41, 5.74) is -0.100. The fourth-order valence-corrected chi connectivity index (χ4v) is 5.01. The van der Waals surface area contributed by atoms with Crippen LogP contribution in [0.1, 0.15) is 25.8 Å². The zero-order valence-corrected chi connectivity index (χ0v) is 19.6. The molecule has 0 saturated heterocycles. The molecular formula is C23H25N3O6S. The van der Waals surface area contributed by atoms with Gasteiger partial charge < -0.3 is 24.5 Å². The second kappa shape index (κ2) is 8.43. The highest BCUT2D eigenvalue weighted by molar-refractivity contribution is 7.90. The number of sulfonamides is 1. The Balaban J connectivity index is 2.07. The molecule has 0 bridgehead atoms. The van der Waals surface area contributed by atoms with E-state index in [1.54, 1.807) is 30.3 Å². The highest BCUT2D eigenvalue weighted by Gasteiger charge is 2.31. The van der Waals surface area contributed by atoms with Crippen LogP contribution in [0.3, 0.4) is 0 Å². The number of para-hydroxylation sites is 1. The molecule has 1 aliphatic heterocycles. The maximum absolute atomic E-state index is 13.6. The molecule has 2 N–H and O–H groups in total. The third kappa shape index (κ3) is 3.80. The van der Waals surface area contributed by atoms with E-state index in [0.29, 0.717) is 30.1 Å². The number of anilines is 1. The lowest BCUT2D eigenvalue weighted by Gasteiger charge is -2.22. The lowest BCUT2D eigenvalue weighted by molar-refractivity contribution is 0.357. The van der Waals surface area contributed by atoms with Gasteiger partial charge in [-0.2, -0.15) is 8.42 Å². The van der Waals surface area contributed by atoms with Gasteiger partial charge in [-0.25, -0.2) is 0 Å². The van der Waals surface area contributed by atoms with E-state index in [2.05, 4.69) is 9.71 Å². The number of amidine groups is 1. The number of methoxy groups -OCH3 is 2. The summed E-state index contributed by atoms with van der Waals surface area (Å²) in [7, 11) is -1.19. The summed E-state index contributed by atoms with van der Waals surface area (Å²) < 4.78 is 41.8. The molecule has 0 unspecified atom stereocenters. The van der Waals surface area contributed by atoms with Crippen molar-refractivity contribution in [2.24, 2.45) is 10.3 Å². The Morgan fingerprint density at radius 2 is 1.85 bits per heavy atom. The van der Waals surface area contributed by atoms with Crippen molar-refractivity contribution in [3.05, 3.63) is 52.3 Å². The maximum atomic E-state index is 13.6. The van der Waals surface area contributed by atoms with Gasteiger partial charge in [0, 0.05) is 6.54 Å². The van der Waals surface area contributed by atoms with Crippen molar-refractivity contribution in [2.45, 2.75) is 31.7 Å². The van der Waals surface area contributed by atoms with Gasteiger partial charge in [0.05, 0.1) is 30.8 Å². The average Bonchev–Trinajstić information content (AvgIpc) is 2.77. The van der Waals surface area contributed by atoms with Crippen LogP contribution >= 0.6 is 0 Å². The van der Waals surface area contributed by atoms with Gasteiger partial charge in [-0.3, -0.25) is 4.79 Å². The first kappa shape index (κ1) is 22.7. The lowest BCUT2D eigenvalue weighted by Crippen LogP contribution is -2.33. The molecule has 0 aliphatic carbocycles. The molecule has 0 radical (unpaired) electrons. The Bertz CT molecular complexity index is 1440. The monoisotopic (exact) mass is 471 g/mol. The van der Waals surface area contributed by atoms with E-state index in [-0.39, 0.29) is 33.1 Å². The number of nitrogens with zero attached hydrogens (tertiary/aromatic N) is 2. The summed E-state index contributed by atoms with van der Waals surface area (Å²) in [6.45, 7) is 4.43. The Kier molecular flexibility index (Phi) is 5.79. The molecule has 4 rings (SSSR count). The summed E-state index contributed by atoms with van der Waals surface area (Å²) in [4.78, 5) is 13.6. The lowest BCUT2D eigenvalue weighted by atomic mass is 10.1. The van der Waals surface area contributed by atoms with Crippen molar-refractivity contribution in [3.63, 3.8) is 0 Å². The highest BCUT2D eigenvalue weighted by atomic mass is 32.2. The van der Waals surface area contributed by atoms with Gasteiger partial charge in [-0.05, 0) is 36.6 Å². The molecule has 174 valence electrons. The normalized spacial score (nSPS) is 14.5. The second-order valence-corrected chi connectivity index (χ2v) is 9.67. The third-order valence-corrected chi connectivity index (χ3v) is 6.88. The Morgan fingerprint density at radius 3 is 2.52 bits per heavy atom. The van der Waals surface area contributed by atoms with Gasteiger partial charge in [0.25, 0.3) is 15.6 Å². The fraction of sp³-hybridized carbons (Fsp3) is 0.304. The molecule has 2 aromatic carbocycles. The first-order valence-electron chi connectivity index (χ1n) is 10.4. The van der Waals surface area contributed by atoms with Crippen molar-refractivity contribution < 1.29 is 23.0 Å². The molecule has 1 aliphatic rings. The van der Waals surface area contributed by atoms with Gasteiger partial charge in [-0.15, -0.1) is 4.40 Å². The summed E-state index contributed by atoms with van der Waals surface area (Å²) in [6.07, 6.45) is 0.689. The van der Waals surface area contributed by atoms with E-state index in [1.807, 2.05) is 13.8 Å². The number of hydrogen-bond acceptors (Lipinski definition) is 7. The van der Waals surface area contributed by atoms with E-state index in [1.165, 1.54) is 24.9 Å². The van der Waals surface area contributed by atoms with Gasteiger partial charge in [0.2, 0.25) is 0 Å². The standard InChI is InChI=1S/C23H25N3O6S/c1-13(2)11-12-26-15-9-10-16(31-3)21(32-4)18(15)20(27)19(23(26)28)22-24-14-7-5-6-8-17(14)33(29,30)25-22/h5-10,13,27H,11-12H2,1-4H3,(H,24,25). The van der Waals surface area contributed by atoms with Crippen LogP contribution in [0, 0.1) is 5.92 Å².